The van der Waals surface area contributed by atoms with Gasteiger partial charge in [-0.3, -0.25) is 4.79 Å². The Labute approximate surface area is 132 Å². The smallest absolute Gasteiger partial charge is 0.240 e. The zero-order valence-electron chi connectivity index (χ0n) is 12.2. The van der Waals surface area contributed by atoms with Crippen LogP contribution in [0.2, 0.25) is 0 Å². The minimum atomic E-state index is -3.42. The summed E-state index contributed by atoms with van der Waals surface area (Å²) >= 11 is 0. The highest BCUT2D eigenvalue weighted by Crippen LogP contribution is 2.10. The largest absolute Gasteiger partial charge is 0.352 e. The summed E-state index contributed by atoms with van der Waals surface area (Å²) in [6, 6.07) is 6.46. The number of rotatable bonds is 8. The minimum Gasteiger partial charge on any atom is -0.352 e. The number of sulfonamides is 1. The standard InChI is InChI=1S/C13H21N3O3S.ClH/c1-3-16-20(18,19)12-6-4-11(5-7-12)10-15-13(17)8-9-14-2;/h4-7,14,16H,3,8-10H2,1-2H3,(H,15,17);1H. The molecule has 0 bridgehead atoms. The van der Waals surface area contributed by atoms with E-state index in [1.54, 1.807) is 26.1 Å². The summed E-state index contributed by atoms with van der Waals surface area (Å²) in [5.41, 5.74) is 0.859. The van der Waals surface area contributed by atoms with Crippen molar-refractivity contribution in [3.63, 3.8) is 0 Å². The van der Waals surface area contributed by atoms with Gasteiger partial charge in [-0.2, -0.15) is 0 Å². The monoisotopic (exact) mass is 335 g/mol. The normalized spacial score (nSPS) is 10.8. The lowest BCUT2D eigenvalue weighted by molar-refractivity contribution is -0.121. The summed E-state index contributed by atoms with van der Waals surface area (Å²) in [6.07, 6.45) is 0.420. The first-order chi connectivity index (χ1) is 9.49. The maximum absolute atomic E-state index is 11.7. The van der Waals surface area contributed by atoms with Gasteiger partial charge in [-0.25, -0.2) is 13.1 Å². The molecule has 3 N–H and O–H groups in total. The Balaban J connectivity index is 0.00000400. The Hall–Kier alpha value is -1.15. The van der Waals surface area contributed by atoms with Gasteiger partial charge in [0.05, 0.1) is 4.90 Å². The molecule has 0 aliphatic heterocycles. The zero-order chi connectivity index (χ0) is 15.0. The van der Waals surface area contributed by atoms with Crippen molar-refractivity contribution in [2.45, 2.75) is 24.8 Å². The molecule has 0 heterocycles. The predicted octanol–water partition coefficient (Wildman–Crippen LogP) is 0.632. The van der Waals surface area contributed by atoms with Gasteiger partial charge in [-0.05, 0) is 24.7 Å². The van der Waals surface area contributed by atoms with Gasteiger partial charge in [-0.1, -0.05) is 19.1 Å². The Bertz CT molecular complexity index is 532. The van der Waals surface area contributed by atoms with Gasteiger partial charge in [0.2, 0.25) is 15.9 Å². The number of hydrogen-bond donors (Lipinski definition) is 3. The lowest BCUT2D eigenvalue weighted by atomic mass is 10.2. The molecule has 0 aliphatic carbocycles. The minimum absolute atomic E-state index is 0. The summed E-state index contributed by atoms with van der Waals surface area (Å²) in [5.74, 6) is -0.0382. The van der Waals surface area contributed by atoms with Crippen LogP contribution in [0.15, 0.2) is 29.2 Å². The first kappa shape index (κ1) is 19.9. The van der Waals surface area contributed by atoms with E-state index in [4.69, 9.17) is 0 Å². The molecule has 0 aliphatic rings. The van der Waals surface area contributed by atoms with Crippen LogP contribution in [0.25, 0.3) is 0 Å². The van der Waals surface area contributed by atoms with Crippen LogP contribution in [-0.4, -0.2) is 34.5 Å². The Morgan fingerprint density at radius 2 is 1.81 bits per heavy atom. The fourth-order valence-corrected chi connectivity index (χ4v) is 2.63. The molecule has 1 aromatic carbocycles. The molecule has 1 amide bonds. The molecule has 21 heavy (non-hydrogen) atoms. The third-order valence-corrected chi connectivity index (χ3v) is 4.22. The molecule has 0 aromatic heterocycles. The first-order valence-corrected chi connectivity index (χ1v) is 7.98. The van der Waals surface area contributed by atoms with Crippen molar-refractivity contribution in [3.8, 4) is 0 Å². The van der Waals surface area contributed by atoms with Crippen LogP contribution in [0.5, 0.6) is 0 Å². The molecule has 0 atom stereocenters. The third-order valence-electron chi connectivity index (χ3n) is 2.66. The molecular formula is C13H22ClN3O3S. The number of carbonyl (C=O) groups excluding carboxylic acids is 1. The van der Waals surface area contributed by atoms with Gasteiger partial charge in [0.1, 0.15) is 0 Å². The van der Waals surface area contributed by atoms with Gasteiger partial charge < -0.3 is 10.6 Å². The number of halogens is 1. The van der Waals surface area contributed by atoms with Gasteiger partial charge >= 0.3 is 0 Å². The molecule has 8 heteroatoms. The van der Waals surface area contributed by atoms with Crippen LogP contribution in [0, 0.1) is 0 Å². The van der Waals surface area contributed by atoms with Crippen molar-refractivity contribution in [1.29, 1.82) is 0 Å². The van der Waals surface area contributed by atoms with E-state index < -0.39 is 10.0 Å². The lowest BCUT2D eigenvalue weighted by Gasteiger charge is -2.07. The van der Waals surface area contributed by atoms with Crippen molar-refractivity contribution in [2.24, 2.45) is 0 Å². The van der Waals surface area contributed by atoms with Crippen molar-refractivity contribution in [1.82, 2.24) is 15.4 Å². The average Bonchev–Trinajstić information content (AvgIpc) is 2.43. The maximum atomic E-state index is 11.7. The van der Waals surface area contributed by atoms with Crippen LogP contribution < -0.4 is 15.4 Å². The number of amides is 1. The van der Waals surface area contributed by atoms with Gasteiger partial charge in [0.15, 0.2) is 0 Å². The van der Waals surface area contributed by atoms with Gasteiger partial charge in [0.25, 0.3) is 0 Å². The summed E-state index contributed by atoms with van der Waals surface area (Å²) in [4.78, 5) is 11.7. The molecule has 6 nitrogen and oxygen atoms in total. The molecule has 0 unspecified atom stereocenters. The van der Waals surface area contributed by atoms with E-state index in [9.17, 15) is 13.2 Å². The molecular weight excluding hydrogens is 314 g/mol. The third kappa shape index (κ3) is 6.90. The lowest BCUT2D eigenvalue weighted by Crippen LogP contribution is -2.26. The van der Waals surface area contributed by atoms with Crippen LogP contribution in [-0.2, 0) is 21.4 Å². The summed E-state index contributed by atoms with van der Waals surface area (Å²) < 4.78 is 25.9. The summed E-state index contributed by atoms with van der Waals surface area (Å²) in [7, 11) is -1.63. The summed E-state index contributed by atoms with van der Waals surface area (Å²) in [6.45, 7) is 3.11. The Morgan fingerprint density at radius 3 is 2.33 bits per heavy atom. The highest BCUT2D eigenvalue weighted by Gasteiger charge is 2.11. The highest BCUT2D eigenvalue weighted by molar-refractivity contribution is 7.89. The number of carbonyl (C=O) groups is 1. The molecule has 1 aromatic rings. The topological polar surface area (TPSA) is 87.3 Å². The van der Waals surface area contributed by atoms with E-state index in [0.717, 1.165) is 5.56 Å². The predicted molar refractivity (Wildman–Crippen MR) is 84.9 cm³/mol. The van der Waals surface area contributed by atoms with Crippen LogP contribution >= 0.6 is 12.4 Å². The summed E-state index contributed by atoms with van der Waals surface area (Å²) in [5, 5.41) is 5.67. The molecule has 120 valence electrons. The first-order valence-electron chi connectivity index (χ1n) is 6.49. The molecule has 1 rings (SSSR count). The van der Waals surface area contributed by atoms with Crippen molar-refractivity contribution >= 4 is 28.3 Å². The molecule has 0 saturated carbocycles. The maximum Gasteiger partial charge on any atom is 0.240 e. The fourth-order valence-electron chi connectivity index (χ4n) is 1.59. The van der Waals surface area contributed by atoms with Crippen molar-refractivity contribution in [3.05, 3.63) is 29.8 Å². The van der Waals surface area contributed by atoms with Crippen LogP contribution in [0.4, 0.5) is 0 Å². The number of nitrogens with one attached hydrogen (secondary N) is 3. The average molecular weight is 336 g/mol. The highest BCUT2D eigenvalue weighted by atomic mass is 35.5. The van der Waals surface area contributed by atoms with Crippen molar-refractivity contribution < 1.29 is 13.2 Å². The second kappa shape index (κ2) is 9.73. The molecule has 0 fully saturated rings. The second-order valence-electron chi connectivity index (χ2n) is 4.28. The number of hydrogen-bond acceptors (Lipinski definition) is 4. The van der Waals surface area contributed by atoms with Gasteiger partial charge in [0, 0.05) is 26.1 Å². The Kier molecular flexibility index (Phi) is 9.19. The van der Waals surface area contributed by atoms with Crippen LogP contribution in [0.1, 0.15) is 18.9 Å². The van der Waals surface area contributed by atoms with E-state index in [2.05, 4.69) is 15.4 Å². The Morgan fingerprint density at radius 1 is 1.19 bits per heavy atom. The van der Waals surface area contributed by atoms with E-state index in [0.29, 0.717) is 26.1 Å². The van der Waals surface area contributed by atoms with Gasteiger partial charge in [-0.15, -0.1) is 12.4 Å². The van der Waals surface area contributed by atoms with Crippen molar-refractivity contribution in [2.75, 3.05) is 20.1 Å². The quantitative estimate of drug-likeness (QED) is 0.650. The van der Waals surface area contributed by atoms with E-state index in [1.807, 2.05) is 0 Å². The van der Waals surface area contributed by atoms with E-state index in [1.165, 1.54) is 12.1 Å². The number of benzene rings is 1. The van der Waals surface area contributed by atoms with E-state index in [-0.39, 0.29) is 23.2 Å². The van der Waals surface area contributed by atoms with E-state index >= 15 is 0 Å². The SMILES string of the molecule is CCNS(=O)(=O)c1ccc(CNC(=O)CCNC)cc1.Cl. The molecule has 0 spiro atoms. The zero-order valence-corrected chi connectivity index (χ0v) is 13.8. The second-order valence-corrected chi connectivity index (χ2v) is 6.04. The van der Waals surface area contributed by atoms with Crippen LogP contribution in [0.3, 0.4) is 0 Å². The molecule has 0 radical (unpaired) electrons. The molecule has 0 saturated heterocycles. The fraction of sp³-hybridized carbons (Fsp3) is 0.462.